The lowest BCUT2D eigenvalue weighted by molar-refractivity contribution is 0.0930. The minimum atomic E-state index is -0.348. The van der Waals surface area contributed by atoms with Crippen molar-refractivity contribution >= 4 is 28.6 Å². The van der Waals surface area contributed by atoms with Gasteiger partial charge in [-0.2, -0.15) is 11.8 Å². The number of aryl methyl sites for hydroxylation is 1. The molecule has 0 aliphatic carbocycles. The van der Waals surface area contributed by atoms with Gasteiger partial charge < -0.3 is 14.8 Å². The normalized spacial score (nSPS) is 11.0. The zero-order valence-electron chi connectivity index (χ0n) is 11.8. The van der Waals surface area contributed by atoms with Crippen molar-refractivity contribution in [1.82, 2.24) is 5.32 Å². The van der Waals surface area contributed by atoms with Crippen LogP contribution in [0.1, 0.15) is 22.5 Å². The molecule has 0 aliphatic rings. The molecule has 2 N–H and O–H groups in total. The Morgan fingerprint density at radius 2 is 2.24 bits per heavy atom. The van der Waals surface area contributed by atoms with Gasteiger partial charge in [0.2, 0.25) is 0 Å². The van der Waals surface area contributed by atoms with Crippen LogP contribution in [0.15, 0.2) is 22.6 Å². The Kier molecular flexibility index (Phi) is 5.64. The molecule has 2 aromatic rings. The first kappa shape index (κ1) is 15.9. The molecule has 0 radical (unpaired) electrons. The van der Waals surface area contributed by atoms with Crippen LogP contribution in [-0.4, -0.2) is 35.7 Å². The number of amides is 1. The van der Waals surface area contributed by atoms with E-state index in [1.54, 1.807) is 18.7 Å². The topological polar surface area (TPSA) is 62.5 Å². The van der Waals surface area contributed by atoms with Gasteiger partial charge in [-0.15, -0.1) is 0 Å². The number of aliphatic hydroxyl groups is 1. The van der Waals surface area contributed by atoms with E-state index < -0.39 is 0 Å². The summed E-state index contributed by atoms with van der Waals surface area (Å²) in [5.41, 5.74) is 1.16. The number of hydrogen-bond acceptors (Lipinski definition) is 4. The van der Waals surface area contributed by atoms with Crippen molar-refractivity contribution in [3.05, 3.63) is 35.3 Å². The van der Waals surface area contributed by atoms with Gasteiger partial charge in [0.25, 0.3) is 5.91 Å². The summed E-state index contributed by atoms with van der Waals surface area (Å²) in [4.78, 5) is 12.1. The van der Waals surface area contributed by atoms with Crippen LogP contribution in [-0.2, 0) is 0 Å². The number of benzene rings is 1. The van der Waals surface area contributed by atoms with E-state index >= 15 is 0 Å². The van der Waals surface area contributed by atoms with Crippen molar-refractivity contribution in [2.45, 2.75) is 13.3 Å². The molecular weight excluding hydrogens is 293 g/mol. The number of nitrogens with one attached hydrogen (secondary N) is 1. The first-order chi connectivity index (χ1) is 10.1. The number of carbonyl (C=O) groups excluding carboxylic acids is 1. The fourth-order valence-corrected chi connectivity index (χ4v) is 2.78. The average Bonchev–Trinajstić information content (AvgIpc) is 2.79. The van der Waals surface area contributed by atoms with Gasteiger partial charge in [-0.05, 0) is 37.3 Å². The highest BCUT2D eigenvalue weighted by Crippen LogP contribution is 2.25. The van der Waals surface area contributed by atoms with Crippen molar-refractivity contribution in [2.24, 2.45) is 0 Å². The predicted molar refractivity (Wildman–Crippen MR) is 82.3 cm³/mol. The van der Waals surface area contributed by atoms with E-state index in [1.807, 2.05) is 0 Å². The van der Waals surface area contributed by atoms with Crippen molar-refractivity contribution in [1.29, 1.82) is 0 Å². The average molecular weight is 311 g/mol. The van der Waals surface area contributed by atoms with Crippen LogP contribution in [0.4, 0.5) is 4.39 Å². The molecule has 0 bridgehead atoms. The lowest BCUT2D eigenvalue weighted by atomic mass is 10.1. The highest BCUT2D eigenvalue weighted by molar-refractivity contribution is 7.99. The minimum Gasteiger partial charge on any atom is -0.451 e. The van der Waals surface area contributed by atoms with E-state index in [0.29, 0.717) is 23.1 Å². The zero-order valence-corrected chi connectivity index (χ0v) is 12.6. The molecule has 0 aliphatic heterocycles. The van der Waals surface area contributed by atoms with Gasteiger partial charge in [-0.1, -0.05) is 0 Å². The van der Waals surface area contributed by atoms with Crippen molar-refractivity contribution < 1.29 is 18.7 Å². The maximum atomic E-state index is 13.2. The summed E-state index contributed by atoms with van der Waals surface area (Å²) < 4.78 is 18.7. The number of rotatable bonds is 7. The highest BCUT2D eigenvalue weighted by atomic mass is 32.2. The molecular formula is C15H18FNO3S. The van der Waals surface area contributed by atoms with E-state index in [4.69, 9.17) is 9.52 Å². The Hall–Kier alpha value is -1.53. The largest absolute Gasteiger partial charge is 0.451 e. The van der Waals surface area contributed by atoms with Crippen LogP contribution >= 0.6 is 11.8 Å². The SMILES string of the molecule is Cc1c(C(=O)NCCSCCCO)oc2ccc(F)cc12. The van der Waals surface area contributed by atoms with Crippen molar-refractivity contribution in [3.63, 3.8) is 0 Å². The van der Waals surface area contributed by atoms with E-state index in [9.17, 15) is 9.18 Å². The molecule has 1 aromatic heterocycles. The molecule has 0 unspecified atom stereocenters. The molecule has 0 saturated heterocycles. The fraction of sp³-hybridized carbons (Fsp3) is 0.400. The maximum Gasteiger partial charge on any atom is 0.287 e. The van der Waals surface area contributed by atoms with E-state index in [2.05, 4.69) is 5.32 Å². The van der Waals surface area contributed by atoms with E-state index in [0.717, 1.165) is 17.9 Å². The summed E-state index contributed by atoms with van der Waals surface area (Å²) in [6, 6.07) is 4.21. The van der Waals surface area contributed by atoms with Gasteiger partial charge in [-0.3, -0.25) is 4.79 Å². The van der Waals surface area contributed by atoms with Gasteiger partial charge in [0.05, 0.1) is 0 Å². The van der Waals surface area contributed by atoms with Crippen LogP contribution < -0.4 is 5.32 Å². The van der Waals surface area contributed by atoms with Crippen molar-refractivity contribution in [3.8, 4) is 0 Å². The summed E-state index contributed by atoms with van der Waals surface area (Å²) in [6.07, 6.45) is 0.757. The molecule has 1 amide bonds. The molecule has 0 atom stereocenters. The summed E-state index contributed by atoms with van der Waals surface area (Å²) in [6.45, 7) is 2.46. The highest BCUT2D eigenvalue weighted by Gasteiger charge is 2.17. The smallest absolute Gasteiger partial charge is 0.287 e. The Balaban J connectivity index is 1.95. The Bertz CT molecular complexity index is 627. The molecule has 21 heavy (non-hydrogen) atoms. The number of carbonyl (C=O) groups is 1. The minimum absolute atomic E-state index is 0.189. The van der Waals surface area contributed by atoms with Gasteiger partial charge in [-0.25, -0.2) is 4.39 Å². The number of thioether (sulfide) groups is 1. The third-order valence-electron chi connectivity index (χ3n) is 3.08. The molecule has 1 heterocycles. The van der Waals surface area contributed by atoms with Crippen LogP contribution in [0.3, 0.4) is 0 Å². The molecule has 0 fully saturated rings. The van der Waals surface area contributed by atoms with Crippen molar-refractivity contribution in [2.75, 3.05) is 24.7 Å². The third-order valence-corrected chi connectivity index (χ3v) is 4.15. The molecule has 2 rings (SSSR count). The number of furan rings is 1. The lowest BCUT2D eigenvalue weighted by Gasteiger charge is -2.03. The van der Waals surface area contributed by atoms with E-state index in [1.165, 1.54) is 18.2 Å². The third kappa shape index (κ3) is 3.98. The number of halogens is 1. The standard InChI is InChI=1S/C15H18FNO3S/c1-10-12-9-11(16)3-4-13(12)20-14(10)15(19)17-5-8-21-7-2-6-18/h3-4,9,18H,2,5-8H2,1H3,(H,17,19). The van der Waals surface area contributed by atoms with E-state index in [-0.39, 0.29) is 24.1 Å². The fourth-order valence-electron chi connectivity index (χ4n) is 2.00. The quantitative estimate of drug-likeness (QED) is 0.772. The van der Waals surface area contributed by atoms with Gasteiger partial charge in [0.1, 0.15) is 11.4 Å². The molecule has 114 valence electrons. The zero-order chi connectivity index (χ0) is 15.2. The van der Waals surface area contributed by atoms with Crippen LogP contribution in [0.5, 0.6) is 0 Å². The first-order valence-corrected chi connectivity index (χ1v) is 7.94. The van der Waals surface area contributed by atoms with Gasteiger partial charge >= 0.3 is 0 Å². The molecule has 4 nitrogen and oxygen atoms in total. The lowest BCUT2D eigenvalue weighted by Crippen LogP contribution is -2.26. The molecule has 0 saturated carbocycles. The Morgan fingerprint density at radius 1 is 1.43 bits per heavy atom. The Morgan fingerprint density at radius 3 is 3.00 bits per heavy atom. The number of aliphatic hydroxyl groups excluding tert-OH is 1. The maximum absolute atomic E-state index is 13.2. The van der Waals surface area contributed by atoms with Crippen LogP contribution in [0.2, 0.25) is 0 Å². The predicted octanol–water partition coefficient (Wildman–Crippen LogP) is 2.73. The second-order valence-corrected chi connectivity index (χ2v) is 5.87. The summed E-state index contributed by atoms with van der Waals surface area (Å²) in [7, 11) is 0. The summed E-state index contributed by atoms with van der Waals surface area (Å²) in [5.74, 6) is 1.25. The van der Waals surface area contributed by atoms with Crippen LogP contribution in [0.25, 0.3) is 11.0 Å². The number of fused-ring (bicyclic) bond motifs is 1. The second kappa shape index (κ2) is 7.47. The van der Waals surface area contributed by atoms with Crippen LogP contribution in [0, 0.1) is 12.7 Å². The summed E-state index contributed by atoms with van der Waals surface area (Å²) in [5, 5.41) is 12.1. The molecule has 0 spiro atoms. The van der Waals surface area contributed by atoms with Gasteiger partial charge in [0, 0.05) is 29.9 Å². The van der Waals surface area contributed by atoms with Gasteiger partial charge in [0.15, 0.2) is 5.76 Å². The molecule has 6 heteroatoms. The summed E-state index contributed by atoms with van der Waals surface area (Å²) >= 11 is 1.67. The Labute approximate surface area is 126 Å². The monoisotopic (exact) mass is 311 g/mol. The first-order valence-electron chi connectivity index (χ1n) is 6.79. The number of hydrogen-bond donors (Lipinski definition) is 2. The molecule has 1 aromatic carbocycles. The second-order valence-electron chi connectivity index (χ2n) is 4.64.